The largest absolute Gasteiger partial charge is 0.465 e. The van der Waals surface area contributed by atoms with Crippen molar-refractivity contribution in [3.63, 3.8) is 0 Å². The Morgan fingerprint density at radius 1 is 1.52 bits per heavy atom. The second-order valence-corrected chi connectivity index (χ2v) is 5.78. The van der Waals surface area contributed by atoms with E-state index in [0.29, 0.717) is 6.42 Å². The molecule has 1 amide bonds. The molecule has 1 fully saturated rings. The molecule has 0 spiro atoms. The molecule has 1 aromatic heterocycles. The molecule has 128 valence electrons. The van der Waals surface area contributed by atoms with Gasteiger partial charge in [-0.15, -0.1) is 0 Å². The number of hydrogen-bond donors (Lipinski definition) is 4. The first-order valence-corrected chi connectivity index (χ1v) is 6.89. The number of nitrogens with one attached hydrogen (secondary N) is 2. The molecule has 7 nitrogen and oxygen atoms in total. The fourth-order valence-corrected chi connectivity index (χ4v) is 2.84. The fourth-order valence-electron chi connectivity index (χ4n) is 2.84. The predicted octanol–water partition coefficient (Wildman–Crippen LogP) is 1.70. The van der Waals surface area contributed by atoms with Crippen LogP contribution in [0.1, 0.15) is 24.9 Å². The van der Waals surface area contributed by atoms with Crippen molar-refractivity contribution in [3.05, 3.63) is 23.9 Å². The number of alkyl halides is 3. The molecule has 23 heavy (non-hydrogen) atoms. The highest BCUT2D eigenvalue weighted by Gasteiger charge is 2.49. The zero-order valence-corrected chi connectivity index (χ0v) is 12.4. The molecule has 0 unspecified atom stereocenters. The van der Waals surface area contributed by atoms with Crippen LogP contribution in [0.5, 0.6) is 0 Å². The number of hydrazine groups is 1. The molecule has 0 aliphatic carbocycles. The Morgan fingerprint density at radius 3 is 2.70 bits per heavy atom. The van der Waals surface area contributed by atoms with Crippen LogP contribution in [0.2, 0.25) is 0 Å². The van der Waals surface area contributed by atoms with Crippen LogP contribution in [-0.2, 0) is 0 Å². The highest BCUT2D eigenvalue weighted by Crippen LogP contribution is 2.40. The van der Waals surface area contributed by atoms with Gasteiger partial charge < -0.3 is 15.8 Å². The van der Waals surface area contributed by atoms with Gasteiger partial charge in [-0.3, -0.25) is 4.90 Å². The number of nitrogens with two attached hydrogens (primary N) is 1. The van der Waals surface area contributed by atoms with Crippen molar-refractivity contribution in [1.82, 2.24) is 15.2 Å². The first kappa shape index (κ1) is 17.3. The van der Waals surface area contributed by atoms with E-state index in [2.05, 4.69) is 15.7 Å². The van der Waals surface area contributed by atoms with Crippen LogP contribution < -0.4 is 16.6 Å². The van der Waals surface area contributed by atoms with Crippen molar-refractivity contribution in [2.75, 3.05) is 18.5 Å². The van der Waals surface area contributed by atoms with Crippen LogP contribution in [0.25, 0.3) is 0 Å². The normalized spacial score (nSPS) is 23.5. The highest BCUT2D eigenvalue weighted by atomic mass is 19.4. The molecule has 0 bridgehead atoms. The van der Waals surface area contributed by atoms with Crippen molar-refractivity contribution >= 4 is 11.9 Å². The number of nitrogens with zero attached hydrogens (tertiary/aromatic N) is 2. The summed E-state index contributed by atoms with van der Waals surface area (Å²) in [6, 6.07) is 0.818. The first-order valence-electron chi connectivity index (χ1n) is 6.89. The highest BCUT2D eigenvalue weighted by molar-refractivity contribution is 5.65. The number of carboxylic acid groups (broad SMARTS) is 1. The van der Waals surface area contributed by atoms with Gasteiger partial charge in [-0.1, -0.05) is 6.07 Å². The standard InChI is InChI=1S/C13H18F3N5O2/c1-12(19-11(22)23)4-5-21(7-12)10(13(14,15)16)8-2-3-9(20-17)18-6-8/h2-3,6,10,19H,4-5,7,17H2,1H3,(H,18,20)(H,22,23)/t10-,12+/m0/s1. The van der Waals surface area contributed by atoms with E-state index >= 15 is 0 Å². The van der Waals surface area contributed by atoms with Gasteiger partial charge in [0.15, 0.2) is 0 Å². The number of amides is 1. The topological polar surface area (TPSA) is 104 Å². The van der Waals surface area contributed by atoms with E-state index in [9.17, 15) is 18.0 Å². The van der Waals surface area contributed by atoms with Gasteiger partial charge in [0, 0.05) is 19.3 Å². The summed E-state index contributed by atoms with van der Waals surface area (Å²) in [6.07, 6.45) is -4.35. The monoisotopic (exact) mass is 333 g/mol. The quantitative estimate of drug-likeness (QED) is 0.494. The maximum Gasteiger partial charge on any atom is 0.408 e. The molecular formula is C13H18F3N5O2. The minimum Gasteiger partial charge on any atom is -0.465 e. The van der Waals surface area contributed by atoms with Crippen LogP contribution in [-0.4, -0.2) is 45.9 Å². The van der Waals surface area contributed by atoms with E-state index in [0.717, 1.165) is 6.20 Å². The summed E-state index contributed by atoms with van der Waals surface area (Å²) in [5.74, 6) is 5.41. The van der Waals surface area contributed by atoms with E-state index in [-0.39, 0.29) is 24.5 Å². The smallest absolute Gasteiger partial charge is 0.408 e. The second-order valence-electron chi connectivity index (χ2n) is 5.78. The summed E-state index contributed by atoms with van der Waals surface area (Å²) in [7, 11) is 0. The van der Waals surface area contributed by atoms with Crippen LogP contribution in [0.15, 0.2) is 18.3 Å². The minimum absolute atomic E-state index is 0.0175. The molecule has 10 heteroatoms. The third kappa shape index (κ3) is 4.02. The van der Waals surface area contributed by atoms with Gasteiger partial charge in [0.25, 0.3) is 0 Å². The van der Waals surface area contributed by atoms with E-state index in [4.69, 9.17) is 10.9 Å². The van der Waals surface area contributed by atoms with Crippen molar-refractivity contribution in [1.29, 1.82) is 0 Å². The van der Waals surface area contributed by atoms with Crippen molar-refractivity contribution in [2.24, 2.45) is 5.84 Å². The molecular weight excluding hydrogens is 315 g/mol. The van der Waals surface area contributed by atoms with E-state index < -0.39 is 23.9 Å². The van der Waals surface area contributed by atoms with E-state index in [1.165, 1.54) is 17.0 Å². The summed E-state index contributed by atoms with van der Waals surface area (Å²) < 4.78 is 40.5. The van der Waals surface area contributed by atoms with Crippen LogP contribution >= 0.6 is 0 Å². The van der Waals surface area contributed by atoms with Gasteiger partial charge in [0.2, 0.25) is 0 Å². The van der Waals surface area contributed by atoms with Gasteiger partial charge in [-0.2, -0.15) is 13.2 Å². The van der Waals surface area contributed by atoms with Gasteiger partial charge in [-0.25, -0.2) is 15.6 Å². The Morgan fingerprint density at radius 2 is 2.22 bits per heavy atom. The van der Waals surface area contributed by atoms with Crippen LogP contribution in [0.3, 0.4) is 0 Å². The maximum atomic E-state index is 13.5. The molecule has 1 aliphatic heterocycles. The SMILES string of the molecule is C[C@@]1(NC(=O)O)CCN([C@@H](c2ccc(NN)nc2)C(F)(F)F)C1. The Kier molecular flexibility index (Phi) is 4.66. The van der Waals surface area contributed by atoms with Crippen molar-refractivity contribution in [3.8, 4) is 0 Å². The van der Waals surface area contributed by atoms with Gasteiger partial charge in [-0.05, 0) is 25.0 Å². The third-order valence-corrected chi connectivity index (χ3v) is 3.84. The average Bonchev–Trinajstić information content (AvgIpc) is 2.79. The van der Waals surface area contributed by atoms with E-state index in [1.54, 1.807) is 6.92 Å². The average molecular weight is 333 g/mol. The maximum absolute atomic E-state index is 13.5. The number of halogens is 3. The molecule has 0 radical (unpaired) electrons. The second kappa shape index (κ2) is 6.20. The lowest BCUT2D eigenvalue weighted by atomic mass is 10.0. The Balaban J connectivity index is 2.25. The number of aromatic nitrogens is 1. The lowest BCUT2D eigenvalue weighted by Crippen LogP contribution is -2.48. The molecule has 5 N–H and O–H groups in total. The number of anilines is 1. The summed E-state index contributed by atoms with van der Waals surface area (Å²) in [5.41, 5.74) is 1.32. The summed E-state index contributed by atoms with van der Waals surface area (Å²) >= 11 is 0. The van der Waals surface area contributed by atoms with E-state index in [1.807, 2.05) is 0 Å². The molecule has 0 saturated carbocycles. The van der Waals surface area contributed by atoms with Gasteiger partial charge >= 0.3 is 12.3 Å². The van der Waals surface area contributed by atoms with Crippen LogP contribution in [0.4, 0.5) is 23.8 Å². The number of rotatable bonds is 4. The minimum atomic E-state index is -4.51. The molecule has 1 aromatic rings. The van der Waals surface area contributed by atoms with Gasteiger partial charge in [0.1, 0.15) is 11.9 Å². The molecule has 1 aliphatic rings. The fraction of sp³-hybridized carbons (Fsp3) is 0.538. The lowest BCUT2D eigenvalue weighted by Gasteiger charge is -2.31. The Bertz CT molecular complexity index is 566. The Labute approximate surface area is 130 Å². The molecule has 2 atom stereocenters. The molecule has 0 aromatic carbocycles. The summed E-state index contributed by atoms with van der Waals surface area (Å²) in [6.45, 7) is 1.67. The number of pyridine rings is 1. The third-order valence-electron chi connectivity index (χ3n) is 3.84. The Hall–Kier alpha value is -2.07. The summed E-state index contributed by atoms with van der Waals surface area (Å²) in [4.78, 5) is 15.8. The molecule has 2 rings (SSSR count). The zero-order chi connectivity index (χ0) is 17.3. The number of nitrogen functional groups attached to an aromatic ring is 1. The predicted molar refractivity (Wildman–Crippen MR) is 76.6 cm³/mol. The molecule has 2 heterocycles. The number of likely N-dealkylation sites (tertiary alicyclic amines) is 1. The zero-order valence-electron chi connectivity index (χ0n) is 12.4. The van der Waals surface area contributed by atoms with Crippen molar-refractivity contribution in [2.45, 2.75) is 31.1 Å². The first-order chi connectivity index (χ1) is 10.6. The van der Waals surface area contributed by atoms with Crippen molar-refractivity contribution < 1.29 is 23.1 Å². The van der Waals surface area contributed by atoms with Crippen LogP contribution in [0, 0.1) is 0 Å². The summed E-state index contributed by atoms with van der Waals surface area (Å²) in [5, 5.41) is 11.1. The number of hydrogen-bond acceptors (Lipinski definition) is 5. The lowest BCUT2D eigenvalue weighted by molar-refractivity contribution is -0.184. The van der Waals surface area contributed by atoms with Gasteiger partial charge in [0.05, 0.1) is 5.54 Å². The molecule has 1 saturated heterocycles. The number of carbonyl (C=O) groups is 1.